The van der Waals surface area contributed by atoms with Gasteiger partial charge in [0.1, 0.15) is 0 Å². The maximum Gasteiger partial charge on any atom is 0.321 e. The van der Waals surface area contributed by atoms with Crippen molar-refractivity contribution in [2.24, 2.45) is 0 Å². The minimum atomic E-state index is -0.473. The van der Waals surface area contributed by atoms with Gasteiger partial charge in [-0.2, -0.15) is 0 Å². The molecule has 24 heavy (non-hydrogen) atoms. The molecule has 2 heterocycles. The summed E-state index contributed by atoms with van der Waals surface area (Å²) in [6.45, 7) is 3.84. The average molecular weight is 346 g/mol. The molecule has 0 unspecified atom stereocenters. The average Bonchev–Trinajstić information content (AvgIpc) is 3.08. The minimum absolute atomic E-state index is 0.0337. The lowest BCUT2D eigenvalue weighted by molar-refractivity contribution is -0.384. The van der Waals surface area contributed by atoms with Crippen molar-refractivity contribution in [3.8, 4) is 0 Å². The van der Waals surface area contributed by atoms with Crippen LogP contribution in [0.25, 0.3) is 0 Å². The molecule has 1 N–H and O–H groups in total. The van der Waals surface area contributed by atoms with Crippen molar-refractivity contribution < 1.29 is 9.72 Å². The molecule has 0 atom stereocenters. The number of urea groups is 1. The minimum Gasteiger partial charge on any atom is -0.322 e. The van der Waals surface area contributed by atoms with Gasteiger partial charge in [0.05, 0.1) is 4.92 Å². The van der Waals surface area contributed by atoms with E-state index in [4.69, 9.17) is 0 Å². The Labute approximate surface area is 143 Å². The van der Waals surface area contributed by atoms with Gasteiger partial charge in [-0.05, 0) is 17.5 Å². The molecule has 1 aliphatic rings. The summed E-state index contributed by atoms with van der Waals surface area (Å²) in [5, 5.41) is 15.6. The Morgan fingerprint density at radius 2 is 2.00 bits per heavy atom. The molecule has 7 nitrogen and oxygen atoms in total. The maximum absolute atomic E-state index is 12.3. The summed E-state index contributed by atoms with van der Waals surface area (Å²) in [5.41, 5.74) is 0.406. The second kappa shape index (κ2) is 7.41. The van der Waals surface area contributed by atoms with Gasteiger partial charge >= 0.3 is 6.03 Å². The smallest absolute Gasteiger partial charge is 0.321 e. The normalized spacial score (nSPS) is 15.2. The van der Waals surface area contributed by atoms with Crippen molar-refractivity contribution in [1.82, 2.24) is 9.80 Å². The van der Waals surface area contributed by atoms with Crippen LogP contribution < -0.4 is 5.32 Å². The van der Waals surface area contributed by atoms with Crippen molar-refractivity contribution in [3.05, 3.63) is 56.8 Å². The molecule has 1 aliphatic heterocycles. The number of rotatable bonds is 4. The van der Waals surface area contributed by atoms with Crippen molar-refractivity contribution in [1.29, 1.82) is 0 Å². The first-order chi connectivity index (χ1) is 11.6. The van der Waals surface area contributed by atoms with Crippen LogP contribution in [-0.4, -0.2) is 46.9 Å². The summed E-state index contributed by atoms with van der Waals surface area (Å²) in [6.07, 6.45) is 0. The summed E-state index contributed by atoms with van der Waals surface area (Å²) >= 11 is 1.74. The number of nitro benzene ring substituents is 1. The second-order valence-corrected chi connectivity index (χ2v) is 6.61. The first-order valence-corrected chi connectivity index (χ1v) is 8.55. The fourth-order valence-corrected chi connectivity index (χ4v) is 3.38. The Morgan fingerprint density at radius 3 is 2.67 bits per heavy atom. The van der Waals surface area contributed by atoms with E-state index in [1.165, 1.54) is 17.0 Å². The number of amides is 2. The molecule has 1 saturated heterocycles. The molecule has 1 aromatic carbocycles. The van der Waals surface area contributed by atoms with Crippen LogP contribution in [-0.2, 0) is 6.54 Å². The number of nitro groups is 1. The van der Waals surface area contributed by atoms with Gasteiger partial charge in [-0.25, -0.2) is 4.79 Å². The fourth-order valence-electron chi connectivity index (χ4n) is 2.63. The molecular formula is C16H18N4O3S. The van der Waals surface area contributed by atoms with Gasteiger partial charge in [-0.3, -0.25) is 15.0 Å². The second-order valence-electron chi connectivity index (χ2n) is 5.58. The van der Waals surface area contributed by atoms with Crippen molar-refractivity contribution in [2.75, 3.05) is 31.5 Å². The summed E-state index contributed by atoms with van der Waals surface area (Å²) in [6, 6.07) is 9.93. The Hall–Kier alpha value is -2.45. The van der Waals surface area contributed by atoms with E-state index in [9.17, 15) is 14.9 Å². The van der Waals surface area contributed by atoms with Crippen LogP contribution in [0.2, 0.25) is 0 Å². The number of nitrogens with zero attached hydrogens (tertiary/aromatic N) is 3. The zero-order valence-electron chi connectivity index (χ0n) is 13.1. The predicted octanol–water partition coefficient (Wildman–Crippen LogP) is 3.01. The number of non-ortho nitro benzene ring substituents is 1. The van der Waals surface area contributed by atoms with Crippen LogP contribution >= 0.6 is 11.3 Å². The van der Waals surface area contributed by atoms with Gasteiger partial charge in [0, 0.05) is 55.4 Å². The van der Waals surface area contributed by atoms with E-state index in [0.717, 1.165) is 19.6 Å². The summed E-state index contributed by atoms with van der Waals surface area (Å²) in [7, 11) is 0. The Balaban J connectivity index is 1.52. The third-order valence-corrected chi connectivity index (χ3v) is 4.79. The van der Waals surface area contributed by atoms with Crippen molar-refractivity contribution in [3.63, 3.8) is 0 Å². The van der Waals surface area contributed by atoms with E-state index in [-0.39, 0.29) is 11.7 Å². The molecule has 0 spiro atoms. The van der Waals surface area contributed by atoms with Gasteiger partial charge in [-0.1, -0.05) is 12.1 Å². The zero-order valence-corrected chi connectivity index (χ0v) is 13.9. The molecule has 126 valence electrons. The van der Waals surface area contributed by atoms with Crippen molar-refractivity contribution >= 4 is 28.7 Å². The highest BCUT2D eigenvalue weighted by Gasteiger charge is 2.21. The number of anilines is 1. The number of carbonyl (C=O) groups excluding carboxylic acids is 1. The predicted molar refractivity (Wildman–Crippen MR) is 93.3 cm³/mol. The first kappa shape index (κ1) is 16.4. The number of hydrogen-bond donors (Lipinski definition) is 1. The Kier molecular flexibility index (Phi) is 5.07. The van der Waals surface area contributed by atoms with Gasteiger partial charge in [0.15, 0.2) is 0 Å². The summed E-state index contributed by atoms with van der Waals surface area (Å²) < 4.78 is 0. The van der Waals surface area contributed by atoms with E-state index in [1.807, 2.05) is 6.07 Å². The summed E-state index contributed by atoms with van der Waals surface area (Å²) in [5.74, 6) is 0. The highest BCUT2D eigenvalue weighted by atomic mass is 32.1. The quantitative estimate of drug-likeness (QED) is 0.682. The number of thiophene rings is 1. The Morgan fingerprint density at radius 1 is 1.21 bits per heavy atom. The Bertz CT molecular complexity index is 712. The largest absolute Gasteiger partial charge is 0.322 e. The molecule has 0 aliphatic carbocycles. The SMILES string of the molecule is O=C(Nc1cccc([N+](=O)[O-])c1)N1CCN(Cc2cccs2)CC1. The van der Waals surface area contributed by atoms with Crippen LogP contribution in [0.15, 0.2) is 41.8 Å². The van der Waals surface area contributed by atoms with Gasteiger partial charge in [0.25, 0.3) is 5.69 Å². The first-order valence-electron chi connectivity index (χ1n) is 7.67. The topological polar surface area (TPSA) is 78.7 Å². The molecular weight excluding hydrogens is 328 g/mol. The molecule has 2 amide bonds. The number of nitrogens with one attached hydrogen (secondary N) is 1. The lowest BCUT2D eigenvalue weighted by Crippen LogP contribution is -2.49. The van der Waals surface area contributed by atoms with Crippen LogP contribution in [0.1, 0.15) is 4.88 Å². The molecule has 3 rings (SSSR count). The standard InChI is InChI=1S/C16H18N4O3S/c21-16(17-13-3-1-4-14(11-13)20(22)23)19-8-6-18(7-9-19)12-15-5-2-10-24-15/h1-5,10-11H,6-9,12H2,(H,17,21). The molecule has 2 aromatic rings. The maximum atomic E-state index is 12.3. The van der Waals surface area contributed by atoms with Crippen LogP contribution in [0, 0.1) is 10.1 Å². The van der Waals surface area contributed by atoms with Gasteiger partial charge in [0.2, 0.25) is 0 Å². The fraction of sp³-hybridized carbons (Fsp3) is 0.312. The highest BCUT2D eigenvalue weighted by Crippen LogP contribution is 2.18. The van der Waals surface area contributed by atoms with Crippen LogP contribution in [0.5, 0.6) is 0 Å². The van der Waals surface area contributed by atoms with Crippen LogP contribution in [0.3, 0.4) is 0 Å². The number of piperazine rings is 1. The van der Waals surface area contributed by atoms with Gasteiger partial charge in [-0.15, -0.1) is 11.3 Å². The van der Waals surface area contributed by atoms with Crippen molar-refractivity contribution in [2.45, 2.75) is 6.54 Å². The van der Waals surface area contributed by atoms with Gasteiger partial charge < -0.3 is 10.2 Å². The molecule has 0 radical (unpaired) electrons. The van der Waals surface area contributed by atoms with E-state index < -0.39 is 4.92 Å². The molecule has 0 saturated carbocycles. The molecule has 0 bridgehead atoms. The lowest BCUT2D eigenvalue weighted by Gasteiger charge is -2.34. The van der Waals surface area contributed by atoms with E-state index in [0.29, 0.717) is 18.8 Å². The summed E-state index contributed by atoms with van der Waals surface area (Å²) in [4.78, 5) is 28.0. The molecule has 8 heteroatoms. The number of carbonyl (C=O) groups is 1. The number of hydrogen-bond acceptors (Lipinski definition) is 5. The highest BCUT2D eigenvalue weighted by molar-refractivity contribution is 7.09. The van der Waals surface area contributed by atoms with E-state index >= 15 is 0 Å². The third kappa shape index (κ3) is 4.09. The molecule has 1 fully saturated rings. The van der Waals surface area contributed by atoms with E-state index in [2.05, 4.69) is 21.7 Å². The number of benzene rings is 1. The third-order valence-electron chi connectivity index (χ3n) is 3.93. The zero-order chi connectivity index (χ0) is 16.9. The monoisotopic (exact) mass is 346 g/mol. The lowest BCUT2D eigenvalue weighted by atomic mass is 10.3. The molecule has 1 aromatic heterocycles. The van der Waals surface area contributed by atoms with E-state index in [1.54, 1.807) is 28.4 Å². The van der Waals surface area contributed by atoms with Crippen LogP contribution in [0.4, 0.5) is 16.2 Å².